The second kappa shape index (κ2) is 41.0. The van der Waals surface area contributed by atoms with E-state index in [2.05, 4.69) is 83.7 Å². The van der Waals surface area contributed by atoms with E-state index in [-0.39, 0.29) is 12.8 Å². The van der Waals surface area contributed by atoms with Gasteiger partial charge in [-0.3, -0.25) is 23.2 Å². The van der Waals surface area contributed by atoms with Gasteiger partial charge >= 0.3 is 27.6 Å². The average Bonchev–Trinajstić information content (AvgIpc) is 3.22. The lowest BCUT2D eigenvalue weighted by Gasteiger charge is -2.20. The molecule has 0 aromatic heterocycles. The summed E-state index contributed by atoms with van der Waals surface area (Å²) < 4.78 is 47.6. The van der Waals surface area contributed by atoms with Gasteiger partial charge in [0.25, 0.3) is 0 Å². The van der Waals surface area contributed by atoms with E-state index >= 15 is 0 Å². The Bertz CT molecular complexity index is 1430. The third-order valence-corrected chi connectivity index (χ3v) is 10.3. The Kier molecular flexibility index (Phi) is 39.2. The minimum Gasteiger partial charge on any atom is -0.462 e. The van der Waals surface area contributed by atoms with Crippen LogP contribution in [0.1, 0.15) is 149 Å². The van der Waals surface area contributed by atoms with Crippen molar-refractivity contribution in [1.29, 1.82) is 0 Å². The Morgan fingerprint density at radius 1 is 0.548 bits per heavy atom. The number of phosphoric ester groups is 2. The molecule has 4 atom stereocenters. The van der Waals surface area contributed by atoms with Gasteiger partial charge in [-0.25, -0.2) is 9.13 Å². The van der Waals surface area contributed by atoms with Crippen molar-refractivity contribution in [2.75, 3.05) is 26.4 Å². The number of ether oxygens (including phenoxy) is 2. The maximum atomic E-state index is 12.7. The zero-order chi connectivity index (χ0) is 46.0. The summed E-state index contributed by atoms with van der Waals surface area (Å²) in [4.78, 5) is 52.7. The fourth-order valence-electron chi connectivity index (χ4n) is 5.46. The molecule has 14 nitrogen and oxygen atoms in total. The summed E-state index contributed by atoms with van der Waals surface area (Å²) in [7, 11) is -9.75. The Balaban J connectivity index is 4.74. The highest BCUT2D eigenvalue weighted by atomic mass is 31.2. The monoisotopic (exact) mass is 916 g/mol. The molecule has 16 heteroatoms. The van der Waals surface area contributed by atoms with Gasteiger partial charge in [0.15, 0.2) is 6.10 Å². The van der Waals surface area contributed by atoms with Crippen molar-refractivity contribution in [3.05, 3.63) is 85.1 Å². The van der Waals surface area contributed by atoms with Crippen LogP contribution in [-0.2, 0) is 41.8 Å². The molecule has 0 aliphatic carbocycles. The molecule has 0 aliphatic heterocycles. The first-order valence-electron chi connectivity index (χ1n) is 22.4. The molecule has 62 heavy (non-hydrogen) atoms. The number of carbonyl (C=O) groups is 2. The zero-order valence-electron chi connectivity index (χ0n) is 37.3. The lowest BCUT2D eigenvalue weighted by molar-refractivity contribution is -0.161. The normalized spacial score (nSPS) is 15.3. The smallest absolute Gasteiger partial charge is 0.462 e. The largest absolute Gasteiger partial charge is 0.472 e. The predicted molar refractivity (Wildman–Crippen MR) is 245 cm³/mol. The molecule has 2 unspecified atom stereocenters. The number of aliphatic hydroxyl groups excluding tert-OH is 2. The van der Waals surface area contributed by atoms with E-state index < -0.39 is 72.3 Å². The van der Waals surface area contributed by atoms with Crippen LogP contribution in [0.15, 0.2) is 85.1 Å². The first-order chi connectivity index (χ1) is 29.8. The second-order valence-electron chi connectivity index (χ2n) is 14.8. The maximum absolute atomic E-state index is 12.7. The molecule has 356 valence electrons. The number of unbranched alkanes of at least 4 members (excludes halogenated alkanes) is 10. The van der Waals surface area contributed by atoms with Gasteiger partial charge in [-0.2, -0.15) is 0 Å². The first-order valence-corrected chi connectivity index (χ1v) is 25.4. The molecule has 0 aromatic rings. The van der Waals surface area contributed by atoms with Gasteiger partial charge in [0.1, 0.15) is 12.7 Å². The molecule has 5 N–H and O–H groups in total. The van der Waals surface area contributed by atoms with Crippen LogP contribution in [-0.4, -0.2) is 81.6 Å². The fraction of sp³-hybridized carbons (Fsp3) is 0.652. The van der Waals surface area contributed by atoms with E-state index in [0.717, 1.165) is 64.2 Å². The Morgan fingerprint density at radius 3 is 1.68 bits per heavy atom. The van der Waals surface area contributed by atoms with Crippen molar-refractivity contribution in [2.24, 2.45) is 0 Å². The number of hydrogen-bond donors (Lipinski definition) is 5. The summed E-state index contributed by atoms with van der Waals surface area (Å²) in [5.74, 6) is -1.26. The number of esters is 2. The highest BCUT2D eigenvalue weighted by Crippen LogP contribution is 2.43. The van der Waals surface area contributed by atoms with Gasteiger partial charge in [-0.15, -0.1) is 0 Å². The van der Waals surface area contributed by atoms with Gasteiger partial charge in [-0.05, 0) is 77.0 Å². The summed E-state index contributed by atoms with van der Waals surface area (Å²) in [5, 5.41) is 20.0. The van der Waals surface area contributed by atoms with Crippen LogP contribution in [0.5, 0.6) is 0 Å². The van der Waals surface area contributed by atoms with Crippen LogP contribution >= 0.6 is 15.6 Å². The number of aliphatic hydroxyl groups is 2. The number of phosphoric acid groups is 2. The number of hydrogen-bond acceptors (Lipinski definition) is 11. The average molecular weight is 917 g/mol. The molecule has 0 aliphatic rings. The van der Waals surface area contributed by atoms with E-state index in [4.69, 9.17) is 23.8 Å². The molecule has 0 rings (SSSR count). The summed E-state index contributed by atoms with van der Waals surface area (Å²) >= 11 is 0. The van der Waals surface area contributed by atoms with E-state index in [1.54, 1.807) is 12.2 Å². The minimum atomic E-state index is -4.89. The quantitative estimate of drug-likeness (QED) is 0.0127. The molecule has 0 radical (unpaired) electrons. The molecule has 0 heterocycles. The maximum Gasteiger partial charge on any atom is 0.472 e. The standard InChI is InChI=1S/C46H78O14P2/c1-3-5-7-9-11-13-15-17-18-19-20-22-24-26-28-30-32-36-46(50)60-44(41-59-62(54,55)58-39-43(48)38-57-61(51,52)53)40-56-45(49)37-33-35-42(47)34-31-29-27-25-23-21-16-14-12-10-8-6-4-2/h5,7,11,13,17-18,20-23,27,29,31,34,42-44,47-48H,3-4,6,8-10,12,14-16,19,24-26,28,30,32-33,35-41H2,1-2H3,(H,54,55)(H2,51,52,53)/b7-5-,13-11-,18-17-,22-20-,23-21+,29-27+,34-31+/t42?,43-,44+/m0/s1. The van der Waals surface area contributed by atoms with E-state index in [1.165, 1.54) is 38.5 Å². The van der Waals surface area contributed by atoms with Crippen molar-refractivity contribution in [3.63, 3.8) is 0 Å². The summed E-state index contributed by atoms with van der Waals surface area (Å²) in [6.45, 7) is 1.39. The highest BCUT2D eigenvalue weighted by molar-refractivity contribution is 7.47. The van der Waals surface area contributed by atoms with Gasteiger partial charge in [0.05, 0.1) is 25.9 Å². The van der Waals surface area contributed by atoms with Crippen molar-refractivity contribution < 1.29 is 66.7 Å². The van der Waals surface area contributed by atoms with Crippen LogP contribution in [0.3, 0.4) is 0 Å². The van der Waals surface area contributed by atoms with Crippen molar-refractivity contribution >= 4 is 27.6 Å². The molecular weight excluding hydrogens is 838 g/mol. The van der Waals surface area contributed by atoms with E-state index in [1.807, 2.05) is 12.2 Å². The van der Waals surface area contributed by atoms with Gasteiger partial charge in [-0.1, -0.05) is 144 Å². The van der Waals surface area contributed by atoms with Gasteiger partial charge < -0.3 is 34.4 Å². The molecule has 0 amide bonds. The Labute approximate surface area is 371 Å². The highest BCUT2D eigenvalue weighted by Gasteiger charge is 2.28. The van der Waals surface area contributed by atoms with Crippen LogP contribution in [0.4, 0.5) is 0 Å². The van der Waals surface area contributed by atoms with Crippen LogP contribution in [0.2, 0.25) is 0 Å². The van der Waals surface area contributed by atoms with Gasteiger partial charge in [0, 0.05) is 12.8 Å². The first kappa shape index (κ1) is 59.3. The van der Waals surface area contributed by atoms with Crippen LogP contribution in [0, 0.1) is 0 Å². The third kappa shape index (κ3) is 43.9. The van der Waals surface area contributed by atoms with Crippen molar-refractivity contribution in [3.8, 4) is 0 Å². The summed E-state index contributed by atoms with van der Waals surface area (Å²) in [6.07, 6.45) is 43.2. The summed E-state index contributed by atoms with van der Waals surface area (Å²) in [6, 6.07) is 0. The summed E-state index contributed by atoms with van der Waals surface area (Å²) in [5.41, 5.74) is 0. The second-order valence-corrected chi connectivity index (χ2v) is 17.5. The van der Waals surface area contributed by atoms with Crippen LogP contribution < -0.4 is 0 Å². The molecule has 0 bridgehead atoms. The third-order valence-electron chi connectivity index (χ3n) is 8.86. The lowest BCUT2D eigenvalue weighted by Crippen LogP contribution is -2.30. The molecular formula is C46H78O14P2. The number of allylic oxidation sites excluding steroid dienone is 13. The number of carbonyl (C=O) groups excluding carboxylic acids is 2. The fourth-order valence-corrected chi connectivity index (χ4v) is 6.62. The molecule has 0 saturated heterocycles. The Morgan fingerprint density at radius 2 is 1.06 bits per heavy atom. The van der Waals surface area contributed by atoms with Crippen molar-refractivity contribution in [2.45, 2.75) is 167 Å². The zero-order valence-corrected chi connectivity index (χ0v) is 39.1. The molecule has 0 aromatic carbocycles. The number of rotatable bonds is 41. The Hall–Kier alpha value is -2.74. The molecule has 0 fully saturated rings. The molecule has 0 saturated carbocycles. The van der Waals surface area contributed by atoms with E-state index in [9.17, 15) is 33.8 Å². The lowest BCUT2D eigenvalue weighted by atomic mass is 10.1. The molecule has 0 spiro atoms. The SMILES string of the molecule is CC/C=C\C/C=C\C/C=C\C/C=C\CCCCCCC(=O)O[C@H](COC(=O)CCCC(O)/C=C/C=C/C/C=C/CCCCCCCC)COP(=O)(O)OC[C@@H](O)COP(=O)(O)O. The van der Waals surface area contributed by atoms with E-state index in [0.29, 0.717) is 19.3 Å². The van der Waals surface area contributed by atoms with Gasteiger partial charge in [0.2, 0.25) is 0 Å². The minimum absolute atomic E-state index is 0.0389. The van der Waals surface area contributed by atoms with Crippen LogP contribution in [0.25, 0.3) is 0 Å². The predicted octanol–water partition coefficient (Wildman–Crippen LogP) is 10.5. The topological polar surface area (TPSA) is 216 Å². The van der Waals surface area contributed by atoms with Crippen molar-refractivity contribution in [1.82, 2.24) is 0 Å².